The first-order valence-electron chi connectivity index (χ1n) is 11.3. The molecule has 2 aromatic carbocycles. The molecular formula is C25H31N7. The van der Waals surface area contributed by atoms with Gasteiger partial charge in [0.15, 0.2) is 17.0 Å². The number of benzene rings is 2. The lowest BCUT2D eigenvalue weighted by Gasteiger charge is -2.23. The van der Waals surface area contributed by atoms with Gasteiger partial charge in [-0.15, -0.1) is 0 Å². The minimum absolute atomic E-state index is 0.557. The van der Waals surface area contributed by atoms with Crippen molar-refractivity contribution < 1.29 is 0 Å². The van der Waals surface area contributed by atoms with Gasteiger partial charge < -0.3 is 20.5 Å². The number of aryl methyl sites for hydroxylation is 2. The lowest BCUT2D eigenvalue weighted by molar-refractivity contribution is 0.736. The summed E-state index contributed by atoms with van der Waals surface area (Å²) in [5, 5.41) is 6.73. The Balaban J connectivity index is 1.76. The van der Waals surface area contributed by atoms with Gasteiger partial charge in [-0.05, 0) is 62.1 Å². The van der Waals surface area contributed by atoms with E-state index in [0.29, 0.717) is 17.5 Å². The maximum absolute atomic E-state index is 4.89. The molecule has 4 aromatic rings. The molecule has 0 spiro atoms. The van der Waals surface area contributed by atoms with Crippen LogP contribution >= 0.6 is 0 Å². The molecule has 0 bridgehead atoms. The third-order valence-corrected chi connectivity index (χ3v) is 5.17. The Morgan fingerprint density at radius 2 is 1.44 bits per heavy atom. The topological polar surface area (TPSA) is 81.8 Å². The highest BCUT2D eigenvalue weighted by Crippen LogP contribution is 2.28. The number of fused-ring (bicyclic) bond motifs is 1. The van der Waals surface area contributed by atoms with E-state index in [4.69, 9.17) is 15.0 Å². The first-order valence-corrected chi connectivity index (χ1v) is 11.3. The zero-order valence-corrected chi connectivity index (χ0v) is 19.2. The summed E-state index contributed by atoms with van der Waals surface area (Å²) in [6, 6.07) is 16.4. The standard InChI is InChI=1S/C25H31N7/c1-5-13-32(14-6-2)23-21-22(29-24(28-21)26-19-11-7-9-17(3)15-19)30-25(31-23)27-20-12-8-10-18(4)16-20/h7-12,15-16H,5-6,13-14H2,1-4H3,(H3,26,27,28,29,30,31). The van der Waals surface area contributed by atoms with Gasteiger partial charge in [-0.2, -0.15) is 9.97 Å². The van der Waals surface area contributed by atoms with Crippen LogP contribution < -0.4 is 15.5 Å². The summed E-state index contributed by atoms with van der Waals surface area (Å²) in [6.45, 7) is 10.3. The quantitative estimate of drug-likeness (QED) is 0.299. The largest absolute Gasteiger partial charge is 0.355 e. The summed E-state index contributed by atoms with van der Waals surface area (Å²) in [7, 11) is 0. The third-order valence-electron chi connectivity index (χ3n) is 5.17. The van der Waals surface area contributed by atoms with Crippen molar-refractivity contribution >= 4 is 40.3 Å². The zero-order valence-electron chi connectivity index (χ0n) is 19.2. The number of anilines is 5. The van der Waals surface area contributed by atoms with E-state index >= 15 is 0 Å². The van der Waals surface area contributed by atoms with Gasteiger partial charge in [0.05, 0.1) is 0 Å². The molecule has 0 aliphatic carbocycles. The first-order chi connectivity index (χ1) is 15.6. The molecule has 0 unspecified atom stereocenters. The molecule has 166 valence electrons. The number of aromatic amines is 1. The molecule has 0 atom stereocenters. The fourth-order valence-corrected chi connectivity index (χ4v) is 3.80. The third kappa shape index (κ3) is 4.99. The summed E-state index contributed by atoms with van der Waals surface area (Å²) in [5.74, 6) is 2.06. The van der Waals surface area contributed by atoms with E-state index in [1.807, 2.05) is 24.3 Å². The summed E-state index contributed by atoms with van der Waals surface area (Å²) >= 11 is 0. The highest BCUT2D eigenvalue weighted by atomic mass is 15.3. The van der Waals surface area contributed by atoms with Gasteiger partial charge in [-0.25, -0.2) is 4.98 Å². The number of rotatable bonds is 9. The Bertz CT molecular complexity index is 1190. The van der Waals surface area contributed by atoms with Crippen molar-refractivity contribution in [2.24, 2.45) is 0 Å². The number of nitrogens with one attached hydrogen (secondary N) is 3. The lowest BCUT2D eigenvalue weighted by atomic mass is 10.2. The van der Waals surface area contributed by atoms with Crippen LogP contribution in [0.15, 0.2) is 48.5 Å². The van der Waals surface area contributed by atoms with Crippen LogP contribution in [0.25, 0.3) is 11.2 Å². The van der Waals surface area contributed by atoms with E-state index in [1.54, 1.807) is 0 Å². The summed E-state index contributed by atoms with van der Waals surface area (Å²) in [5.41, 5.74) is 5.80. The lowest BCUT2D eigenvalue weighted by Crippen LogP contribution is -2.26. The Hall–Kier alpha value is -3.61. The molecule has 3 N–H and O–H groups in total. The number of hydrogen-bond donors (Lipinski definition) is 3. The van der Waals surface area contributed by atoms with Crippen LogP contribution in [0.1, 0.15) is 37.8 Å². The van der Waals surface area contributed by atoms with Crippen LogP contribution in [-0.2, 0) is 0 Å². The average molecular weight is 430 g/mol. The molecule has 2 aromatic heterocycles. The molecule has 32 heavy (non-hydrogen) atoms. The highest BCUT2D eigenvalue weighted by Gasteiger charge is 2.18. The second kappa shape index (κ2) is 9.68. The van der Waals surface area contributed by atoms with Crippen molar-refractivity contribution in [3.8, 4) is 0 Å². The molecule has 0 saturated heterocycles. The van der Waals surface area contributed by atoms with Crippen LogP contribution in [-0.4, -0.2) is 33.0 Å². The molecule has 0 aliphatic heterocycles. The van der Waals surface area contributed by atoms with Crippen LogP contribution in [0.4, 0.5) is 29.1 Å². The van der Waals surface area contributed by atoms with Gasteiger partial charge in [0.25, 0.3) is 0 Å². The highest BCUT2D eigenvalue weighted by molar-refractivity contribution is 5.87. The van der Waals surface area contributed by atoms with Crippen LogP contribution in [0.2, 0.25) is 0 Å². The number of imidazole rings is 1. The normalized spacial score (nSPS) is 11.0. The fourth-order valence-electron chi connectivity index (χ4n) is 3.80. The molecule has 0 fully saturated rings. The van der Waals surface area contributed by atoms with Gasteiger partial charge in [0.1, 0.15) is 0 Å². The molecule has 4 rings (SSSR count). The molecule has 7 heteroatoms. The predicted octanol–water partition coefficient (Wildman–Crippen LogP) is 6.08. The van der Waals surface area contributed by atoms with Crippen LogP contribution in [0, 0.1) is 13.8 Å². The molecule has 0 radical (unpaired) electrons. The van der Waals surface area contributed by atoms with Gasteiger partial charge in [0.2, 0.25) is 11.9 Å². The molecule has 0 amide bonds. The van der Waals surface area contributed by atoms with Gasteiger partial charge in [-0.1, -0.05) is 38.1 Å². The van der Waals surface area contributed by atoms with E-state index in [0.717, 1.165) is 48.6 Å². The predicted molar refractivity (Wildman–Crippen MR) is 133 cm³/mol. The fraction of sp³-hybridized carbons (Fsp3) is 0.320. The van der Waals surface area contributed by atoms with E-state index in [1.165, 1.54) is 11.1 Å². The monoisotopic (exact) mass is 429 g/mol. The van der Waals surface area contributed by atoms with Crippen LogP contribution in [0.3, 0.4) is 0 Å². The smallest absolute Gasteiger partial charge is 0.231 e. The SMILES string of the molecule is CCCN(CCC)c1nc(Nc2cccc(C)c2)nc2[nH]c(Nc3cccc(C)c3)nc12. The van der Waals surface area contributed by atoms with Crippen molar-refractivity contribution in [1.82, 2.24) is 19.9 Å². The van der Waals surface area contributed by atoms with Crippen molar-refractivity contribution in [3.63, 3.8) is 0 Å². The van der Waals surface area contributed by atoms with Crippen molar-refractivity contribution in [2.45, 2.75) is 40.5 Å². The van der Waals surface area contributed by atoms with Gasteiger partial charge in [-0.3, -0.25) is 0 Å². The minimum Gasteiger partial charge on any atom is -0.355 e. The van der Waals surface area contributed by atoms with Crippen LogP contribution in [0.5, 0.6) is 0 Å². The molecule has 7 nitrogen and oxygen atoms in total. The van der Waals surface area contributed by atoms with Gasteiger partial charge in [0, 0.05) is 24.5 Å². The summed E-state index contributed by atoms with van der Waals surface area (Å²) in [6.07, 6.45) is 2.07. The second-order valence-corrected chi connectivity index (χ2v) is 8.13. The Kier molecular flexibility index (Phi) is 6.54. The van der Waals surface area contributed by atoms with E-state index in [2.05, 4.69) is 72.5 Å². The summed E-state index contributed by atoms with van der Waals surface area (Å²) < 4.78 is 0. The second-order valence-electron chi connectivity index (χ2n) is 8.13. The molecule has 0 saturated carbocycles. The van der Waals surface area contributed by atoms with E-state index in [9.17, 15) is 0 Å². The van der Waals surface area contributed by atoms with Gasteiger partial charge >= 0.3 is 0 Å². The van der Waals surface area contributed by atoms with E-state index in [-0.39, 0.29) is 0 Å². The molecule has 2 heterocycles. The van der Waals surface area contributed by atoms with Crippen molar-refractivity contribution in [1.29, 1.82) is 0 Å². The first kappa shape index (κ1) is 21.6. The molecule has 0 aliphatic rings. The summed E-state index contributed by atoms with van der Waals surface area (Å²) in [4.78, 5) is 20.1. The Morgan fingerprint density at radius 3 is 2.03 bits per heavy atom. The number of nitrogens with zero attached hydrogens (tertiary/aromatic N) is 4. The number of aromatic nitrogens is 4. The minimum atomic E-state index is 0.557. The molecular weight excluding hydrogens is 398 g/mol. The Labute approximate surface area is 189 Å². The van der Waals surface area contributed by atoms with E-state index < -0.39 is 0 Å². The van der Waals surface area contributed by atoms with Crippen molar-refractivity contribution in [2.75, 3.05) is 28.6 Å². The zero-order chi connectivity index (χ0) is 22.5. The number of H-pyrrole nitrogens is 1. The maximum Gasteiger partial charge on any atom is 0.231 e. The average Bonchev–Trinajstić information content (AvgIpc) is 3.15. The van der Waals surface area contributed by atoms with Crippen molar-refractivity contribution in [3.05, 3.63) is 59.7 Å². The maximum atomic E-state index is 4.89. The number of hydrogen-bond acceptors (Lipinski definition) is 6. The Morgan fingerprint density at radius 1 is 0.812 bits per heavy atom.